The first-order chi connectivity index (χ1) is 13.3. The highest BCUT2D eigenvalue weighted by Crippen LogP contribution is 2.22. The molecule has 142 valence electrons. The van der Waals surface area contributed by atoms with Crippen molar-refractivity contribution < 1.29 is 14.3 Å². The number of carbonyl (C=O) groups is 1. The summed E-state index contributed by atoms with van der Waals surface area (Å²) < 4.78 is 11.6. The number of hydrogen-bond acceptors (Lipinski definition) is 7. The highest BCUT2D eigenvalue weighted by molar-refractivity contribution is 7.99. The van der Waals surface area contributed by atoms with Gasteiger partial charge in [0.1, 0.15) is 12.2 Å². The van der Waals surface area contributed by atoms with Crippen LogP contribution in [0, 0.1) is 0 Å². The molecule has 7 nitrogen and oxygen atoms in total. The normalized spacial score (nSPS) is 20.4. The van der Waals surface area contributed by atoms with Crippen LogP contribution in [0.4, 0.5) is 0 Å². The summed E-state index contributed by atoms with van der Waals surface area (Å²) in [5.74, 6) is 2.74. The van der Waals surface area contributed by atoms with Gasteiger partial charge in [0.15, 0.2) is 0 Å². The van der Waals surface area contributed by atoms with Gasteiger partial charge in [-0.1, -0.05) is 0 Å². The molecular weight excluding hydrogens is 364 g/mol. The van der Waals surface area contributed by atoms with E-state index >= 15 is 0 Å². The number of carbonyl (C=O) groups excluding carboxylic acids is 1. The minimum atomic E-state index is -0.000108. The zero-order valence-electron chi connectivity index (χ0n) is 15.0. The Morgan fingerprint density at radius 2 is 1.85 bits per heavy atom. The van der Waals surface area contributed by atoms with E-state index < -0.39 is 0 Å². The van der Waals surface area contributed by atoms with Gasteiger partial charge in [0, 0.05) is 56.3 Å². The van der Waals surface area contributed by atoms with Gasteiger partial charge in [-0.3, -0.25) is 4.79 Å². The molecule has 0 N–H and O–H groups in total. The Balaban J connectivity index is 1.28. The minimum Gasteiger partial charge on any atom is -0.473 e. The van der Waals surface area contributed by atoms with Gasteiger partial charge in [0.05, 0.1) is 5.56 Å². The number of amides is 1. The van der Waals surface area contributed by atoms with Gasteiger partial charge in [-0.2, -0.15) is 11.8 Å². The van der Waals surface area contributed by atoms with Crippen LogP contribution in [0.1, 0.15) is 29.6 Å². The van der Waals surface area contributed by atoms with Gasteiger partial charge in [-0.15, -0.1) is 0 Å². The summed E-state index contributed by atoms with van der Waals surface area (Å²) in [6.07, 6.45) is 7.78. The summed E-state index contributed by atoms with van der Waals surface area (Å²) in [5.41, 5.74) is 0.592. The first-order valence-electron chi connectivity index (χ1n) is 9.21. The first kappa shape index (κ1) is 18.0. The molecule has 1 amide bonds. The van der Waals surface area contributed by atoms with Crippen molar-refractivity contribution >= 4 is 17.7 Å². The molecule has 2 aliphatic heterocycles. The third kappa shape index (κ3) is 4.68. The van der Waals surface area contributed by atoms with Crippen molar-refractivity contribution in [2.24, 2.45) is 0 Å². The van der Waals surface area contributed by atoms with E-state index in [1.807, 2.05) is 16.7 Å². The molecule has 2 fully saturated rings. The maximum absolute atomic E-state index is 12.7. The summed E-state index contributed by atoms with van der Waals surface area (Å²) in [6, 6.07) is 5.74. The molecule has 1 atom stereocenters. The predicted molar refractivity (Wildman–Crippen MR) is 102 cm³/mol. The fourth-order valence-corrected chi connectivity index (χ4v) is 4.30. The minimum absolute atomic E-state index is 0.000108. The molecule has 27 heavy (non-hydrogen) atoms. The van der Waals surface area contributed by atoms with Gasteiger partial charge in [0.2, 0.25) is 5.88 Å². The molecule has 0 radical (unpaired) electrons. The van der Waals surface area contributed by atoms with E-state index in [-0.39, 0.29) is 18.1 Å². The van der Waals surface area contributed by atoms with Crippen LogP contribution in [-0.4, -0.2) is 62.6 Å². The molecule has 0 aromatic carbocycles. The second-order valence-electron chi connectivity index (χ2n) is 6.63. The summed E-state index contributed by atoms with van der Waals surface area (Å²) in [7, 11) is 0. The topological polar surface area (TPSA) is 77.4 Å². The van der Waals surface area contributed by atoms with Gasteiger partial charge < -0.3 is 14.4 Å². The van der Waals surface area contributed by atoms with Gasteiger partial charge in [-0.25, -0.2) is 15.0 Å². The smallest absolute Gasteiger partial charge is 0.316 e. The Labute approximate surface area is 162 Å². The third-order valence-electron chi connectivity index (χ3n) is 4.70. The summed E-state index contributed by atoms with van der Waals surface area (Å²) in [4.78, 5) is 27.0. The maximum Gasteiger partial charge on any atom is 0.316 e. The fraction of sp³-hybridized carbons (Fsp3) is 0.474. The maximum atomic E-state index is 12.7. The summed E-state index contributed by atoms with van der Waals surface area (Å²) >= 11 is 1.90. The Morgan fingerprint density at radius 3 is 2.52 bits per heavy atom. The van der Waals surface area contributed by atoms with Crippen molar-refractivity contribution in [3.05, 3.63) is 42.4 Å². The van der Waals surface area contributed by atoms with Crippen molar-refractivity contribution in [1.82, 2.24) is 19.9 Å². The van der Waals surface area contributed by atoms with Crippen molar-refractivity contribution in [2.75, 3.05) is 24.6 Å². The van der Waals surface area contributed by atoms with E-state index in [4.69, 9.17) is 9.47 Å². The number of pyridine rings is 1. The van der Waals surface area contributed by atoms with E-state index in [0.29, 0.717) is 30.5 Å². The molecule has 8 heteroatoms. The number of aromatic nitrogens is 3. The molecule has 0 aliphatic carbocycles. The molecule has 0 saturated carbocycles. The van der Waals surface area contributed by atoms with Crippen LogP contribution in [0.25, 0.3) is 0 Å². The lowest BCUT2D eigenvalue weighted by atomic mass is 10.1. The quantitative estimate of drug-likeness (QED) is 0.781. The molecule has 0 bridgehead atoms. The van der Waals surface area contributed by atoms with Crippen LogP contribution in [0.2, 0.25) is 0 Å². The van der Waals surface area contributed by atoms with E-state index in [1.54, 1.807) is 36.8 Å². The fourth-order valence-electron chi connectivity index (χ4n) is 3.21. The van der Waals surface area contributed by atoms with Crippen LogP contribution < -0.4 is 9.47 Å². The Bertz CT molecular complexity index is 745. The number of likely N-dealkylation sites (tertiary alicyclic amines) is 1. The molecule has 4 heterocycles. The van der Waals surface area contributed by atoms with Crippen LogP contribution in [0.5, 0.6) is 11.9 Å². The number of hydrogen-bond donors (Lipinski definition) is 0. The highest BCUT2D eigenvalue weighted by atomic mass is 32.2. The number of thioether (sulfide) groups is 1. The van der Waals surface area contributed by atoms with Crippen LogP contribution in [0.15, 0.2) is 36.8 Å². The molecular formula is C19H22N4O3S. The number of piperidine rings is 1. The Morgan fingerprint density at radius 1 is 1.04 bits per heavy atom. The molecule has 0 spiro atoms. The Hall–Kier alpha value is -2.35. The number of nitrogens with zero attached hydrogens (tertiary/aromatic N) is 4. The standard InChI is InChI=1S/C19H22N4O3S/c24-18(14-2-3-17(22-12-14)25-16-6-11-27-13-16)23-9-4-15(5-10-23)26-19-20-7-1-8-21-19/h1-3,7-8,12,15-16H,4-6,9-11,13H2/t16-/m0/s1. The second kappa shape index (κ2) is 8.56. The van der Waals surface area contributed by atoms with Gasteiger partial charge in [-0.05, 0) is 24.3 Å². The lowest BCUT2D eigenvalue weighted by molar-refractivity contribution is 0.0578. The van der Waals surface area contributed by atoms with Crippen molar-refractivity contribution in [2.45, 2.75) is 31.5 Å². The third-order valence-corrected chi connectivity index (χ3v) is 5.83. The lowest BCUT2D eigenvalue weighted by Crippen LogP contribution is -2.42. The van der Waals surface area contributed by atoms with Crippen LogP contribution >= 0.6 is 11.8 Å². The van der Waals surface area contributed by atoms with Crippen LogP contribution in [-0.2, 0) is 0 Å². The zero-order chi connectivity index (χ0) is 18.5. The summed E-state index contributed by atoms with van der Waals surface area (Å²) in [6.45, 7) is 1.29. The highest BCUT2D eigenvalue weighted by Gasteiger charge is 2.25. The lowest BCUT2D eigenvalue weighted by Gasteiger charge is -2.31. The van der Waals surface area contributed by atoms with Crippen molar-refractivity contribution in [3.8, 4) is 11.9 Å². The molecule has 4 rings (SSSR count). The van der Waals surface area contributed by atoms with Gasteiger partial charge in [0.25, 0.3) is 5.91 Å². The number of rotatable bonds is 5. The number of ether oxygens (including phenoxy) is 2. The van der Waals surface area contributed by atoms with Crippen molar-refractivity contribution in [3.63, 3.8) is 0 Å². The summed E-state index contributed by atoms with van der Waals surface area (Å²) in [5, 5.41) is 0. The molecule has 2 saturated heterocycles. The SMILES string of the molecule is O=C(c1ccc(O[C@H]2CCSC2)nc1)N1CCC(Oc2ncccn2)CC1. The predicted octanol–water partition coefficient (Wildman–Crippen LogP) is 2.44. The molecule has 2 aromatic rings. The Kier molecular flexibility index (Phi) is 5.72. The largest absolute Gasteiger partial charge is 0.473 e. The first-order valence-corrected chi connectivity index (χ1v) is 10.4. The average Bonchev–Trinajstić information content (AvgIpc) is 3.22. The van der Waals surface area contributed by atoms with E-state index in [1.165, 1.54) is 0 Å². The zero-order valence-corrected chi connectivity index (χ0v) is 15.8. The monoisotopic (exact) mass is 386 g/mol. The molecule has 2 aromatic heterocycles. The van der Waals surface area contributed by atoms with E-state index in [9.17, 15) is 4.79 Å². The van der Waals surface area contributed by atoms with E-state index in [0.717, 1.165) is 30.8 Å². The molecule has 2 aliphatic rings. The van der Waals surface area contributed by atoms with E-state index in [2.05, 4.69) is 15.0 Å². The van der Waals surface area contributed by atoms with Gasteiger partial charge >= 0.3 is 6.01 Å². The van der Waals surface area contributed by atoms with Crippen molar-refractivity contribution in [1.29, 1.82) is 0 Å². The molecule has 0 unspecified atom stereocenters. The second-order valence-corrected chi connectivity index (χ2v) is 7.78. The van der Waals surface area contributed by atoms with Crippen LogP contribution in [0.3, 0.4) is 0 Å². The average molecular weight is 386 g/mol.